The Morgan fingerprint density at radius 1 is 1.23 bits per heavy atom. The highest BCUT2D eigenvalue weighted by Gasteiger charge is 2.03. The van der Waals surface area contributed by atoms with Crippen LogP contribution in [0.15, 0.2) is 0 Å². The summed E-state index contributed by atoms with van der Waals surface area (Å²) in [5.41, 5.74) is 0. The highest BCUT2D eigenvalue weighted by atomic mass is 16.2. The molecule has 0 aliphatic rings. The van der Waals surface area contributed by atoms with Crippen molar-refractivity contribution in [2.45, 2.75) is 13.8 Å². The zero-order valence-electron chi connectivity index (χ0n) is 8.31. The van der Waals surface area contributed by atoms with Gasteiger partial charge in [0.1, 0.15) is 0 Å². The molecule has 76 valence electrons. The van der Waals surface area contributed by atoms with Crippen LogP contribution in [-0.2, 0) is 4.79 Å². The van der Waals surface area contributed by atoms with Crippen LogP contribution in [0.1, 0.15) is 13.8 Å². The van der Waals surface area contributed by atoms with Gasteiger partial charge in [-0.1, -0.05) is 13.8 Å². The second-order valence-corrected chi connectivity index (χ2v) is 3.13. The van der Waals surface area contributed by atoms with Gasteiger partial charge < -0.3 is 16.0 Å². The predicted molar refractivity (Wildman–Crippen MR) is 50.3 cm³/mol. The first kappa shape index (κ1) is 11.7. The number of carbonyl (C=O) groups is 2. The van der Waals surface area contributed by atoms with Gasteiger partial charge in [0.2, 0.25) is 5.91 Å². The topological polar surface area (TPSA) is 70.2 Å². The molecule has 0 saturated heterocycles. The Kier molecular flexibility index (Phi) is 5.67. The smallest absolute Gasteiger partial charge is 0.314 e. The Labute approximate surface area is 78.3 Å². The lowest BCUT2D eigenvalue weighted by Crippen LogP contribution is -2.41. The van der Waals surface area contributed by atoms with Gasteiger partial charge in [-0.05, 0) is 5.92 Å². The fraction of sp³-hybridized carbons (Fsp3) is 0.750. The van der Waals surface area contributed by atoms with Crippen LogP contribution in [0.4, 0.5) is 4.79 Å². The quantitative estimate of drug-likeness (QED) is 0.565. The molecule has 0 radical (unpaired) electrons. The normalized spacial score (nSPS) is 9.54. The van der Waals surface area contributed by atoms with Crippen LogP contribution in [0, 0.1) is 5.92 Å². The van der Waals surface area contributed by atoms with E-state index in [1.54, 1.807) is 0 Å². The molecule has 0 bridgehead atoms. The summed E-state index contributed by atoms with van der Waals surface area (Å²) in [6.07, 6.45) is 0. The van der Waals surface area contributed by atoms with Gasteiger partial charge in [0.25, 0.3) is 0 Å². The van der Waals surface area contributed by atoms with Crippen molar-refractivity contribution >= 4 is 11.9 Å². The Bertz CT molecular complexity index is 180. The summed E-state index contributed by atoms with van der Waals surface area (Å²) >= 11 is 0. The molecule has 3 amide bonds. The third-order valence-electron chi connectivity index (χ3n) is 1.34. The number of carbonyl (C=O) groups excluding carboxylic acids is 2. The monoisotopic (exact) mass is 187 g/mol. The Hall–Kier alpha value is -1.26. The fourth-order valence-corrected chi connectivity index (χ4v) is 0.629. The summed E-state index contributed by atoms with van der Waals surface area (Å²) in [5, 5.41) is 7.43. The standard InChI is InChI=1S/C8H17N3O2/c1-6(2)4-10-7(12)5-11-8(13)9-3/h6H,4-5H2,1-3H3,(H,10,12)(H2,9,11,13). The third-order valence-corrected chi connectivity index (χ3v) is 1.34. The minimum Gasteiger partial charge on any atom is -0.354 e. The summed E-state index contributed by atoms with van der Waals surface area (Å²) in [7, 11) is 1.50. The van der Waals surface area contributed by atoms with E-state index in [4.69, 9.17) is 0 Å². The minimum absolute atomic E-state index is 0.0202. The van der Waals surface area contributed by atoms with E-state index in [-0.39, 0.29) is 18.5 Å². The first-order valence-electron chi connectivity index (χ1n) is 4.28. The molecule has 0 saturated carbocycles. The van der Waals surface area contributed by atoms with Gasteiger partial charge in [0.05, 0.1) is 6.54 Å². The zero-order valence-corrected chi connectivity index (χ0v) is 8.31. The highest BCUT2D eigenvalue weighted by Crippen LogP contribution is 1.85. The Morgan fingerprint density at radius 3 is 2.31 bits per heavy atom. The molecule has 3 N–H and O–H groups in total. The first-order chi connectivity index (χ1) is 6.06. The van der Waals surface area contributed by atoms with Gasteiger partial charge in [0, 0.05) is 13.6 Å². The van der Waals surface area contributed by atoms with E-state index in [0.29, 0.717) is 12.5 Å². The molecule has 0 aromatic heterocycles. The predicted octanol–water partition coefficient (Wildman–Crippen LogP) is -0.312. The van der Waals surface area contributed by atoms with Crippen LogP contribution < -0.4 is 16.0 Å². The second kappa shape index (κ2) is 6.28. The molecule has 13 heavy (non-hydrogen) atoms. The number of urea groups is 1. The molecule has 5 nitrogen and oxygen atoms in total. The van der Waals surface area contributed by atoms with Gasteiger partial charge in [-0.3, -0.25) is 4.79 Å². The van der Waals surface area contributed by atoms with Crippen molar-refractivity contribution in [3.8, 4) is 0 Å². The van der Waals surface area contributed by atoms with Crippen LogP contribution in [0.2, 0.25) is 0 Å². The van der Waals surface area contributed by atoms with E-state index in [9.17, 15) is 9.59 Å². The molecule has 0 aliphatic heterocycles. The molecule has 5 heteroatoms. The molecule has 0 spiro atoms. The lowest BCUT2D eigenvalue weighted by Gasteiger charge is -2.07. The molecular formula is C8H17N3O2. The number of amides is 3. The van der Waals surface area contributed by atoms with E-state index in [0.717, 1.165) is 0 Å². The van der Waals surface area contributed by atoms with E-state index >= 15 is 0 Å². The Morgan fingerprint density at radius 2 is 1.85 bits per heavy atom. The van der Waals surface area contributed by atoms with Crippen molar-refractivity contribution in [2.75, 3.05) is 20.1 Å². The fourth-order valence-electron chi connectivity index (χ4n) is 0.629. The van der Waals surface area contributed by atoms with E-state index in [2.05, 4.69) is 16.0 Å². The molecule has 0 fully saturated rings. The van der Waals surface area contributed by atoms with Crippen molar-refractivity contribution in [2.24, 2.45) is 5.92 Å². The molecular weight excluding hydrogens is 170 g/mol. The molecule has 0 aliphatic carbocycles. The van der Waals surface area contributed by atoms with Gasteiger partial charge in [-0.15, -0.1) is 0 Å². The zero-order chi connectivity index (χ0) is 10.3. The van der Waals surface area contributed by atoms with Crippen LogP contribution in [-0.4, -0.2) is 32.1 Å². The van der Waals surface area contributed by atoms with E-state index < -0.39 is 0 Å². The summed E-state index contributed by atoms with van der Waals surface area (Å²) < 4.78 is 0. The second-order valence-electron chi connectivity index (χ2n) is 3.13. The summed E-state index contributed by atoms with van der Waals surface area (Å²) in [6, 6.07) is -0.348. The molecule has 0 atom stereocenters. The molecule has 0 unspecified atom stereocenters. The number of hydrogen-bond acceptors (Lipinski definition) is 2. The largest absolute Gasteiger partial charge is 0.354 e. The maximum atomic E-state index is 11.0. The van der Waals surface area contributed by atoms with E-state index in [1.165, 1.54) is 7.05 Å². The lowest BCUT2D eigenvalue weighted by molar-refractivity contribution is -0.120. The van der Waals surface area contributed by atoms with Crippen molar-refractivity contribution < 1.29 is 9.59 Å². The SMILES string of the molecule is CNC(=O)NCC(=O)NCC(C)C. The van der Waals surface area contributed by atoms with Crippen molar-refractivity contribution in [3.63, 3.8) is 0 Å². The molecule has 0 aromatic rings. The van der Waals surface area contributed by atoms with Crippen molar-refractivity contribution in [1.82, 2.24) is 16.0 Å². The minimum atomic E-state index is -0.348. The van der Waals surface area contributed by atoms with Gasteiger partial charge in [-0.2, -0.15) is 0 Å². The van der Waals surface area contributed by atoms with Gasteiger partial charge >= 0.3 is 6.03 Å². The van der Waals surface area contributed by atoms with E-state index in [1.807, 2.05) is 13.8 Å². The average molecular weight is 187 g/mol. The molecule has 0 rings (SSSR count). The number of rotatable bonds is 4. The maximum absolute atomic E-state index is 11.0. The van der Waals surface area contributed by atoms with Crippen LogP contribution >= 0.6 is 0 Å². The van der Waals surface area contributed by atoms with Gasteiger partial charge in [0.15, 0.2) is 0 Å². The lowest BCUT2D eigenvalue weighted by atomic mass is 10.2. The highest BCUT2D eigenvalue weighted by molar-refractivity contribution is 5.83. The summed E-state index contributed by atoms with van der Waals surface area (Å²) in [5.74, 6) is 0.251. The van der Waals surface area contributed by atoms with Crippen LogP contribution in [0.25, 0.3) is 0 Å². The first-order valence-corrected chi connectivity index (χ1v) is 4.28. The average Bonchev–Trinajstić information content (AvgIpc) is 2.10. The Balaban J connectivity index is 3.46. The van der Waals surface area contributed by atoms with Gasteiger partial charge in [-0.25, -0.2) is 4.79 Å². The van der Waals surface area contributed by atoms with Crippen molar-refractivity contribution in [3.05, 3.63) is 0 Å². The van der Waals surface area contributed by atoms with Crippen molar-refractivity contribution in [1.29, 1.82) is 0 Å². The third kappa shape index (κ3) is 7.11. The van der Waals surface area contributed by atoms with Crippen LogP contribution in [0.5, 0.6) is 0 Å². The molecule has 0 aromatic carbocycles. The van der Waals surface area contributed by atoms with Crippen LogP contribution in [0.3, 0.4) is 0 Å². The number of hydrogen-bond donors (Lipinski definition) is 3. The summed E-state index contributed by atoms with van der Waals surface area (Å²) in [4.78, 5) is 21.7. The number of nitrogens with one attached hydrogen (secondary N) is 3. The maximum Gasteiger partial charge on any atom is 0.314 e. The summed E-state index contributed by atoms with van der Waals surface area (Å²) in [6.45, 7) is 4.67. The molecule has 0 heterocycles.